The first-order valence-corrected chi connectivity index (χ1v) is 6.89. The van der Waals surface area contributed by atoms with E-state index in [2.05, 4.69) is 10.1 Å². The molecule has 1 aliphatic carbocycles. The minimum atomic E-state index is -0.430. The number of hydrogen-bond acceptors (Lipinski definition) is 4. The molecule has 20 heavy (non-hydrogen) atoms. The quantitative estimate of drug-likeness (QED) is 0.641. The van der Waals surface area contributed by atoms with E-state index in [9.17, 15) is 10.1 Å². The van der Waals surface area contributed by atoms with Crippen molar-refractivity contribution in [2.24, 2.45) is 0 Å². The smallest absolute Gasteiger partial charge is 0.265 e. The maximum absolute atomic E-state index is 11.3. The van der Waals surface area contributed by atoms with Crippen molar-refractivity contribution in [2.45, 2.75) is 31.6 Å². The van der Waals surface area contributed by atoms with E-state index < -0.39 is 4.92 Å². The van der Waals surface area contributed by atoms with Crippen LogP contribution in [0.5, 0.6) is 0 Å². The van der Waals surface area contributed by atoms with Gasteiger partial charge in [-0.3, -0.25) is 15.1 Å². The van der Waals surface area contributed by atoms with Gasteiger partial charge in [-0.2, -0.15) is 5.10 Å². The second-order valence-corrected chi connectivity index (χ2v) is 5.24. The topological polar surface area (TPSA) is 73.8 Å². The van der Waals surface area contributed by atoms with Gasteiger partial charge >= 0.3 is 5.69 Å². The third-order valence-electron chi connectivity index (χ3n) is 3.66. The van der Waals surface area contributed by atoms with Crippen LogP contribution in [0.2, 0.25) is 5.15 Å². The number of pyridine rings is 1. The summed E-state index contributed by atoms with van der Waals surface area (Å²) in [7, 11) is 0. The summed E-state index contributed by atoms with van der Waals surface area (Å²) in [4.78, 5) is 14.8. The van der Waals surface area contributed by atoms with Crippen LogP contribution in [0.15, 0.2) is 24.5 Å². The lowest BCUT2D eigenvalue weighted by Crippen LogP contribution is -2.00. The Morgan fingerprint density at radius 3 is 2.55 bits per heavy atom. The molecule has 1 aliphatic rings. The van der Waals surface area contributed by atoms with Gasteiger partial charge < -0.3 is 0 Å². The van der Waals surface area contributed by atoms with E-state index in [1.807, 2.05) is 0 Å². The van der Waals surface area contributed by atoms with Gasteiger partial charge in [0.25, 0.3) is 0 Å². The van der Waals surface area contributed by atoms with Gasteiger partial charge in [0.05, 0.1) is 10.6 Å². The Hall–Kier alpha value is -1.95. The summed E-state index contributed by atoms with van der Waals surface area (Å²) in [5.74, 6) is 0.135. The van der Waals surface area contributed by atoms with E-state index in [4.69, 9.17) is 11.6 Å². The average molecular weight is 293 g/mol. The van der Waals surface area contributed by atoms with Crippen LogP contribution < -0.4 is 0 Å². The van der Waals surface area contributed by atoms with Crippen LogP contribution in [0.3, 0.4) is 0 Å². The van der Waals surface area contributed by atoms with Crippen LogP contribution in [0.25, 0.3) is 5.69 Å². The van der Waals surface area contributed by atoms with Crippen LogP contribution in [0, 0.1) is 10.1 Å². The molecule has 3 rings (SSSR count). The van der Waals surface area contributed by atoms with Gasteiger partial charge in [-0.1, -0.05) is 24.4 Å². The molecule has 2 heterocycles. The van der Waals surface area contributed by atoms with Gasteiger partial charge in [0.1, 0.15) is 5.69 Å². The molecule has 6 nitrogen and oxygen atoms in total. The van der Waals surface area contributed by atoms with Gasteiger partial charge in [-0.15, -0.1) is 0 Å². The van der Waals surface area contributed by atoms with E-state index in [1.54, 1.807) is 24.5 Å². The lowest BCUT2D eigenvalue weighted by atomic mass is 10.0. The Bertz CT molecular complexity index is 635. The van der Waals surface area contributed by atoms with E-state index >= 15 is 0 Å². The molecule has 2 aromatic heterocycles. The van der Waals surface area contributed by atoms with Crippen LogP contribution in [-0.4, -0.2) is 19.7 Å². The summed E-state index contributed by atoms with van der Waals surface area (Å²) in [6.07, 6.45) is 7.25. The predicted molar refractivity (Wildman–Crippen MR) is 74.2 cm³/mol. The highest BCUT2D eigenvalue weighted by atomic mass is 35.5. The molecule has 104 valence electrons. The fraction of sp³-hybridized carbons (Fsp3) is 0.385. The molecule has 0 bridgehead atoms. The van der Waals surface area contributed by atoms with Crippen molar-refractivity contribution < 1.29 is 4.92 Å². The van der Waals surface area contributed by atoms with Crippen molar-refractivity contribution in [2.75, 3.05) is 0 Å². The van der Waals surface area contributed by atoms with Crippen molar-refractivity contribution in [1.29, 1.82) is 0 Å². The third-order valence-corrected chi connectivity index (χ3v) is 4.00. The zero-order valence-corrected chi connectivity index (χ0v) is 11.5. The summed E-state index contributed by atoms with van der Waals surface area (Å²) in [5.41, 5.74) is 1.13. The molecule has 0 aromatic carbocycles. The number of nitrogens with zero attached hydrogens (tertiary/aromatic N) is 4. The number of rotatable bonds is 3. The molecule has 0 N–H and O–H groups in total. The Morgan fingerprint density at radius 1 is 1.30 bits per heavy atom. The van der Waals surface area contributed by atoms with E-state index in [1.165, 1.54) is 4.68 Å². The molecule has 0 saturated heterocycles. The molecule has 1 saturated carbocycles. The minimum absolute atomic E-state index is 0.0584. The first-order valence-electron chi connectivity index (χ1n) is 6.51. The average Bonchev–Trinajstić information content (AvgIpc) is 3.06. The standard InChI is InChI=1S/C13H13ClN4O2/c14-13-12(18(19)20)11(9-3-1-2-4-9)16-17(13)10-5-7-15-8-6-10/h5-9H,1-4H2. The summed E-state index contributed by atoms with van der Waals surface area (Å²) in [5, 5.41) is 15.8. The van der Waals surface area contributed by atoms with Gasteiger partial charge in [0, 0.05) is 18.3 Å². The van der Waals surface area contributed by atoms with Crippen molar-refractivity contribution in [1.82, 2.24) is 14.8 Å². The maximum atomic E-state index is 11.3. The van der Waals surface area contributed by atoms with Crippen molar-refractivity contribution >= 4 is 17.3 Å². The van der Waals surface area contributed by atoms with E-state index in [-0.39, 0.29) is 16.8 Å². The summed E-state index contributed by atoms with van der Waals surface area (Å²) < 4.78 is 1.43. The molecule has 0 atom stereocenters. The molecule has 7 heteroatoms. The molecule has 1 fully saturated rings. The van der Waals surface area contributed by atoms with Gasteiger partial charge in [-0.05, 0) is 25.0 Å². The van der Waals surface area contributed by atoms with Gasteiger partial charge in [-0.25, -0.2) is 4.68 Å². The van der Waals surface area contributed by atoms with E-state index in [0.717, 1.165) is 25.7 Å². The van der Waals surface area contributed by atoms with Gasteiger partial charge in [0.15, 0.2) is 0 Å². The fourth-order valence-corrected chi connectivity index (χ4v) is 3.01. The highest BCUT2D eigenvalue weighted by Gasteiger charge is 2.33. The highest BCUT2D eigenvalue weighted by molar-refractivity contribution is 6.32. The summed E-state index contributed by atoms with van der Waals surface area (Å²) in [6.45, 7) is 0. The molecule has 0 unspecified atom stereocenters. The molecule has 0 amide bonds. The lowest BCUT2D eigenvalue weighted by molar-refractivity contribution is -0.385. The van der Waals surface area contributed by atoms with Crippen molar-refractivity contribution in [3.05, 3.63) is 45.5 Å². The largest absolute Gasteiger partial charge is 0.329 e. The maximum Gasteiger partial charge on any atom is 0.329 e. The number of nitro groups is 1. The summed E-state index contributed by atoms with van der Waals surface area (Å²) in [6, 6.07) is 3.45. The zero-order chi connectivity index (χ0) is 14.1. The zero-order valence-electron chi connectivity index (χ0n) is 10.7. The Morgan fingerprint density at radius 2 is 1.95 bits per heavy atom. The minimum Gasteiger partial charge on any atom is -0.265 e. The highest BCUT2D eigenvalue weighted by Crippen LogP contribution is 2.41. The van der Waals surface area contributed by atoms with Crippen LogP contribution in [0.1, 0.15) is 37.3 Å². The fourth-order valence-electron chi connectivity index (χ4n) is 2.70. The van der Waals surface area contributed by atoms with Gasteiger partial charge in [0.2, 0.25) is 5.15 Å². The van der Waals surface area contributed by atoms with Crippen molar-refractivity contribution in [3.8, 4) is 5.69 Å². The molecule has 0 radical (unpaired) electrons. The number of hydrogen-bond donors (Lipinski definition) is 0. The molecule has 0 aliphatic heterocycles. The SMILES string of the molecule is O=[N+]([O-])c1c(C2CCCC2)nn(-c2ccncc2)c1Cl. The Labute approximate surface area is 120 Å². The number of aromatic nitrogens is 3. The Kier molecular flexibility index (Phi) is 3.40. The monoisotopic (exact) mass is 292 g/mol. The normalized spacial score (nSPS) is 15.7. The van der Waals surface area contributed by atoms with Crippen LogP contribution in [-0.2, 0) is 0 Å². The summed E-state index contributed by atoms with van der Waals surface area (Å²) >= 11 is 6.18. The molecule has 0 spiro atoms. The first kappa shape index (κ1) is 13.1. The molecular weight excluding hydrogens is 280 g/mol. The molecular formula is C13H13ClN4O2. The second kappa shape index (κ2) is 5.20. The van der Waals surface area contributed by atoms with E-state index in [0.29, 0.717) is 11.4 Å². The molecule has 2 aromatic rings. The predicted octanol–water partition coefficient (Wildman–Crippen LogP) is 3.49. The lowest BCUT2D eigenvalue weighted by Gasteiger charge is -2.03. The number of halogens is 1. The van der Waals surface area contributed by atoms with Crippen LogP contribution in [0.4, 0.5) is 5.69 Å². The third kappa shape index (κ3) is 2.16. The van der Waals surface area contributed by atoms with Crippen LogP contribution >= 0.6 is 11.6 Å². The first-order chi connectivity index (χ1) is 9.68. The Balaban J connectivity index is 2.13. The second-order valence-electron chi connectivity index (χ2n) is 4.88. The van der Waals surface area contributed by atoms with Crippen molar-refractivity contribution in [3.63, 3.8) is 0 Å².